The van der Waals surface area contributed by atoms with E-state index in [9.17, 15) is 9.90 Å². The fourth-order valence-electron chi connectivity index (χ4n) is 2.11. The number of carbonyl (C=O) groups is 1. The van der Waals surface area contributed by atoms with E-state index in [1.165, 1.54) is 0 Å². The van der Waals surface area contributed by atoms with Crippen LogP contribution in [0.5, 0.6) is 0 Å². The van der Waals surface area contributed by atoms with Gasteiger partial charge in [-0.25, -0.2) is 0 Å². The third-order valence-electron chi connectivity index (χ3n) is 3.10. The average molecular weight is 248 g/mol. The highest BCUT2D eigenvalue weighted by molar-refractivity contribution is 5.76. The van der Waals surface area contributed by atoms with Crippen LogP contribution in [0.4, 0.5) is 0 Å². The molecule has 0 aliphatic heterocycles. The van der Waals surface area contributed by atoms with Crippen LogP contribution in [0.2, 0.25) is 0 Å². The molecule has 1 fully saturated rings. The second-order valence-electron chi connectivity index (χ2n) is 5.90. The molecule has 3 atom stereocenters. The average Bonchev–Trinajstić information content (AvgIpc) is 3.07. The van der Waals surface area contributed by atoms with Crippen LogP contribution in [0.1, 0.15) is 38.9 Å². The van der Waals surface area contributed by atoms with Crippen molar-refractivity contribution in [2.45, 2.75) is 38.9 Å². The number of esters is 1. The summed E-state index contributed by atoms with van der Waals surface area (Å²) in [5, 5.41) is 10.2. The number of benzene rings is 1. The Hall–Kier alpha value is -1.35. The summed E-state index contributed by atoms with van der Waals surface area (Å²) in [6, 6.07) is 9.46. The zero-order valence-electron chi connectivity index (χ0n) is 11.1. The molecule has 1 saturated carbocycles. The maximum absolute atomic E-state index is 11.8. The SMILES string of the molecule is CC(C)(C)OC(=O)[C@@H]1C[C@H]1[C@H](O)c1ccccc1. The summed E-state index contributed by atoms with van der Waals surface area (Å²) >= 11 is 0. The Bertz CT molecular complexity index is 419. The van der Waals surface area contributed by atoms with E-state index >= 15 is 0 Å². The van der Waals surface area contributed by atoms with Gasteiger partial charge in [-0.1, -0.05) is 30.3 Å². The molecule has 1 aromatic carbocycles. The molecule has 1 aromatic rings. The summed E-state index contributed by atoms with van der Waals surface area (Å²) in [6.07, 6.45) is 0.147. The van der Waals surface area contributed by atoms with Gasteiger partial charge in [0.05, 0.1) is 12.0 Å². The highest BCUT2D eigenvalue weighted by Gasteiger charge is 2.49. The Balaban J connectivity index is 1.93. The van der Waals surface area contributed by atoms with Gasteiger partial charge in [0, 0.05) is 5.92 Å². The second kappa shape index (κ2) is 4.73. The van der Waals surface area contributed by atoms with Gasteiger partial charge >= 0.3 is 5.97 Å². The Morgan fingerprint density at radius 3 is 2.50 bits per heavy atom. The van der Waals surface area contributed by atoms with Crippen LogP contribution in [0, 0.1) is 11.8 Å². The Morgan fingerprint density at radius 2 is 1.94 bits per heavy atom. The molecule has 18 heavy (non-hydrogen) atoms. The molecule has 1 N–H and O–H groups in total. The molecule has 0 bridgehead atoms. The third-order valence-corrected chi connectivity index (χ3v) is 3.10. The lowest BCUT2D eigenvalue weighted by Gasteiger charge is -2.20. The lowest BCUT2D eigenvalue weighted by Crippen LogP contribution is -2.25. The summed E-state index contributed by atoms with van der Waals surface area (Å²) in [6.45, 7) is 5.57. The van der Waals surface area contributed by atoms with Crippen molar-refractivity contribution in [3.8, 4) is 0 Å². The Labute approximate surface area is 108 Å². The van der Waals surface area contributed by atoms with Crippen LogP contribution in [0.3, 0.4) is 0 Å². The highest BCUT2D eigenvalue weighted by atomic mass is 16.6. The van der Waals surface area contributed by atoms with Crippen molar-refractivity contribution in [1.82, 2.24) is 0 Å². The molecule has 0 saturated heterocycles. The molecule has 3 heteroatoms. The van der Waals surface area contributed by atoms with Gasteiger partial charge in [-0.2, -0.15) is 0 Å². The van der Waals surface area contributed by atoms with Gasteiger partial charge in [-0.05, 0) is 32.8 Å². The van der Waals surface area contributed by atoms with Crippen molar-refractivity contribution in [1.29, 1.82) is 0 Å². The van der Waals surface area contributed by atoms with E-state index in [0.717, 1.165) is 5.56 Å². The van der Waals surface area contributed by atoms with Crippen LogP contribution < -0.4 is 0 Å². The zero-order chi connectivity index (χ0) is 13.3. The summed E-state index contributed by atoms with van der Waals surface area (Å²) in [5.74, 6) is -0.343. The summed E-state index contributed by atoms with van der Waals surface area (Å²) < 4.78 is 5.33. The van der Waals surface area contributed by atoms with E-state index in [1.54, 1.807) is 0 Å². The largest absolute Gasteiger partial charge is 0.460 e. The first-order valence-electron chi connectivity index (χ1n) is 6.34. The molecule has 0 amide bonds. The minimum absolute atomic E-state index is 0.00208. The minimum atomic E-state index is -0.566. The first-order valence-corrected chi connectivity index (χ1v) is 6.34. The van der Waals surface area contributed by atoms with E-state index < -0.39 is 11.7 Å². The van der Waals surface area contributed by atoms with Crippen LogP contribution in [0.25, 0.3) is 0 Å². The normalized spacial score (nSPS) is 24.4. The van der Waals surface area contributed by atoms with E-state index in [-0.39, 0.29) is 17.8 Å². The van der Waals surface area contributed by atoms with Gasteiger partial charge in [0.2, 0.25) is 0 Å². The van der Waals surface area contributed by atoms with Gasteiger partial charge in [0.15, 0.2) is 0 Å². The number of aliphatic hydroxyl groups is 1. The monoisotopic (exact) mass is 248 g/mol. The number of carbonyl (C=O) groups excluding carboxylic acids is 1. The lowest BCUT2D eigenvalue weighted by atomic mass is 10.0. The van der Waals surface area contributed by atoms with E-state index in [4.69, 9.17) is 4.74 Å². The fraction of sp³-hybridized carbons (Fsp3) is 0.533. The first-order chi connectivity index (χ1) is 8.38. The lowest BCUT2D eigenvalue weighted by molar-refractivity contribution is -0.157. The maximum Gasteiger partial charge on any atom is 0.309 e. The number of aliphatic hydroxyl groups excluding tert-OH is 1. The van der Waals surface area contributed by atoms with Crippen LogP contribution in [0.15, 0.2) is 30.3 Å². The number of ether oxygens (including phenoxy) is 1. The quantitative estimate of drug-likeness (QED) is 0.837. The predicted molar refractivity (Wildman–Crippen MR) is 68.8 cm³/mol. The molecule has 0 radical (unpaired) electrons. The maximum atomic E-state index is 11.8. The Morgan fingerprint density at radius 1 is 1.33 bits per heavy atom. The van der Waals surface area contributed by atoms with Crippen molar-refractivity contribution in [3.05, 3.63) is 35.9 Å². The van der Waals surface area contributed by atoms with E-state index in [0.29, 0.717) is 6.42 Å². The second-order valence-corrected chi connectivity index (χ2v) is 5.90. The van der Waals surface area contributed by atoms with Gasteiger partial charge < -0.3 is 9.84 Å². The van der Waals surface area contributed by atoms with Crippen molar-refractivity contribution < 1.29 is 14.6 Å². The van der Waals surface area contributed by atoms with Gasteiger partial charge in [-0.15, -0.1) is 0 Å². The van der Waals surface area contributed by atoms with Crippen molar-refractivity contribution in [2.24, 2.45) is 11.8 Å². The third kappa shape index (κ3) is 3.10. The molecule has 0 aromatic heterocycles. The van der Waals surface area contributed by atoms with Crippen LogP contribution in [-0.2, 0) is 9.53 Å². The van der Waals surface area contributed by atoms with Crippen molar-refractivity contribution in [3.63, 3.8) is 0 Å². The first kappa shape index (κ1) is 13.1. The molecule has 1 aliphatic rings. The molecule has 98 valence electrons. The molecular weight excluding hydrogens is 228 g/mol. The molecule has 1 aliphatic carbocycles. The molecular formula is C15H20O3. The number of hydrogen-bond acceptors (Lipinski definition) is 3. The zero-order valence-corrected chi connectivity index (χ0v) is 11.1. The molecule has 2 rings (SSSR count). The molecule has 0 unspecified atom stereocenters. The fourth-order valence-corrected chi connectivity index (χ4v) is 2.11. The van der Waals surface area contributed by atoms with Crippen molar-refractivity contribution >= 4 is 5.97 Å². The van der Waals surface area contributed by atoms with Crippen LogP contribution >= 0.6 is 0 Å². The van der Waals surface area contributed by atoms with Gasteiger partial charge in [-0.3, -0.25) is 4.79 Å². The smallest absolute Gasteiger partial charge is 0.309 e. The summed E-state index contributed by atoms with van der Waals surface area (Å²) in [5.41, 5.74) is 0.413. The highest BCUT2D eigenvalue weighted by Crippen LogP contribution is 2.48. The molecule has 0 heterocycles. The topological polar surface area (TPSA) is 46.5 Å². The predicted octanol–water partition coefficient (Wildman–Crippen LogP) is 2.70. The standard InChI is InChI=1S/C15H20O3/c1-15(2,3)18-14(17)12-9-11(12)13(16)10-7-5-4-6-8-10/h4-8,11-13,16H,9H2,1-3H3/t11-,12-,13-/m1/s1. The van der Waals surface area contributed by atoms with E-state index in [1.807, 2.05) is 51.1 Å². The number of rotatable bonds is 3. The number of hydrogen-bond donors (Lipinski definition) is 1. The molecule has 3 nitrogen and oxygen atoms in total. The Kier molecular flexibility index (Phi) is 3.44. The van der Waals surface area contributed by atoms with Crippen LogP contribution in [-0.4, -0.2) is 16.7 Å². The summed E-state index contributed by atoms with van der Waals surface area (Å²) in [7, 11) is 0. The van der Waals surface area contributed by atoms with Crippen molar-refractivity contribution in [2.75, 3.05) is 0 Å². The van der Waals surface area contributed by atoms with Gasteiger partial charge in [0.1, 0.15) is 5.60 Å². The molecule has 0 spiro atoms. The summed E-state index contributed by atoms with van der Waals surface area (Å²) in [4.78, 5) is 11.8. The van der Waals surface area contributed by atoms with E-state index in [2.05, 4.69) is 0 Å². The minimum Gasteiger partial charge on any atom is -0.460 e. The van der Waals surface area contributed by atoms with Gasteiger partial charge in [0.25, 0.3) is 0 Å².